The zero-order valence-corrected chi connectivity index (χ0v) is 14.8. The molecule has 4 aromatic rings. The maximum absolute atomic E-state index is 13.8. The molecule has 0 saturated carbocycles. The van der Waals surface area contributed by atoms with Crippen molar-refractivity contribution in [3.63, 3.8) is 0 Å². The average molecular weight is 397 g/mol. The average Bonchev–Trinajstić information content (AvgIpc) is 3.39. The van der Waals surface area contributed by atoms with Gasteiger partial charge in [-0.25, -0.2) is 13.8 Å². The van der Waals surface area contributed by atoms with Crippen molar-refractivity contribution in [1.29, 1.82) is 0 Å². The van der Waals surface area contributed by atoms with Crippen LogP contribution >= 0.6 is 0 Å². The molecule has 0 N–H and O–H groups in total. The van der Waals surface area contributed by atoms with Gasteiger partial charge in [0.1, 0.15) is 17.4 Å². The third-order valence-electron chi connectivity index (χ3n) is 3.99. The Morgan fingerprint density at radius 1 is 1.10 bits per heavy atom. The number of halogens is 2. The molecule has 0 amide bonds. The van der Waals surface area contributed by atoms with Crippen molar-refractivity contribution in [3.8, 4) is 28.5 Å². The zero-order chi connectivity index (χ0) is 20.2. The first kappa shape index (κ1) is 18.5. The number of nitrogens with zero attached hydrogens (tertiary/aromatic N) is 3. The Kier molecular flexibility index (Phi) is 5.10. The van der Waals surface area contributed by atoms with E-state index in [1.165, 1.54) is 18.7 Å². The Bertz CT molecular complexity index is 1130. The van der Waals surface area contributed by atoms with Gasteiger partial charge in [0, 0.05) is 18.1 Å². The van der Waals surface area contributed by atoms with Gasteiger partial charge in [0.05, 0.1) is 18.2 Å². The molecular formula is C20H13F2N3O4. The van der Waals surface area contributed by atoms with Crippen LogP contribution in [0.1, 0.15) is 12.3 Å². The van der Waals surface area contributed by atoms with Crippen LogP contribution in [0, 0.1) is 11.6 Å². The Balaban J connectivity index is 1.33. The number of ether oxygens (including phenoxy) is 1. The lowest BCUT2D eigenvalue weighted by atomic mass is 10.2. The van der Waals surface area contributed by atoms with E-state index in [-0.39, 0.29) is 30.1 Å². The molecule has 2 heterocycles. The summed E-state index contributed by atoms with van der Waals surface area (Å²) in [6.07, 6.45) is 2.73. The summed E-state index contributed by atoms with van der Waals surface area (Å²) in [5.74, 6) is -0.798. The largest absolute Gasteiger partial charge is 0.441 e. The number of benzene rings is 2. The first-order chi connectivity index (χ1) is 14.1. The monoisotopic (exact) mass is 397 g/mol. The van der Waals surface area contributed by atoms with Crippen molar-refractivity contribution < 1.29 is 27.1 Å². The van der Waals surface area contributed by atoms with Gasteiger partial charge < -0.3 is 13.6 Å². The molecule has 2 aromatic carbocycles. The summed E-state index contributed by atoms with van der Waals surface area (Å²) in [6, 6.07) is 9.75. The highest BCUT2D eigenvalue weighted by molar-refractivity contribution is 5.72. The van der Waals surface area contributed by atoms with Crippen molar-refractivity contribution in [3.05, 3.63) is 72.6 Å². The number of carbonyl (C=O) groups excluding carboxylic acids is 1. The number of aryl methyl sites for hydroxylation is 1. The minimum atomic E-state index is -0.754. The van der Waals surface area contributed by atoms with Gasteiger partial charge in [0.15, 0.2) is 11.7 Å². The molecule has 0 aliphatic heterocycles. The third kappa shape index (κ3) is 4.34. The molecule has 0 radical (unpaired) electrons. The molecule has 0 atom stereocenters. The molecule has 29 heavy (non-hydrogen) atoms. The summed E-state index contributed by atoms with van der Waals surface area (Å²) in [5, 5.41) is 7.39. The van der Waals surface area contributed by atoms with E-state index < -0.39 is 17.6 Å². The smallest absolute Gasteiger partial charge is 0.311 e. The van der Waals surface area contributed by atoms with E-state index in [4.69, 9.17) is 13.6 Å². The second kappa shape index (κ2) is 8.01. The standard InChI is InChI=1S/C20H13F2N3O4/c21-13-3-6-15(16(22)9-13)17-10-23-18(29-17)7-8-19(26)28-14-4-1-12(2-5-14)20-25-24-11-27-20/h1-6,9-11H,7-8H2. The SMILES string of the molecule is O=C(CCc1ncc(-c2ccc(F)cc2F)o1)Oc1ccc(-c2nnco2)cc1. The molecular weight excluding hydrogens is 384 g/mol. The maximum atomic E-state index is 13.8. The molecule has 7 nitrogen and oxygen atoms in total. The molecule has 0 aliphatic carbocycles. The van der Waals surface area contributed by atoms with E-state index in [1.54, 1.807) is 24.3 Å². The highest BCUT2D eigenvalue weighted by atomic mass is 19.1. The quantitative estimate of drug-likeness (QED) is 0.355. The highest BCUT2D eigenvalue weighted by Crippen LogP contribution is 2.25. The van der Waals surface area contributed by atoms with Crippen LogP contribution in [0.3, 0.4) is 0 Å². The fourth-order valence-corrected chi connectivity index (χ4v) is 2.60. The van der Waals surface area contributed by atoms with Crippen molar-refractivity contribution in [1.82, 2.24) is 15.2 Å². The lowest BCUT2D eigenvalue weighted by molar-refractivity contribution is -0.134. The molecule has 2 aromatic heterocycles. The summed E-state index contributed by atoms with van der Waals surface area (Å²) in [5.41, 5.74) is 0.789. The van der Waals surface area contributed by atoms with E-state index in [0.29, 0.717) is 17.2 Å². The molecule has 0 unspecified atom stereocenters. The van der Waals surface area contributed by atoms with Crippen LogP contribution in [0.2, 0.25) is 0 Å². The van der Waals surface area contributed by atoms with Gasteiger partial charge in [-0.15, -0.1) is 10.2 Å². The Labute approximate surface area is 163 Å². The number of oxazole rings is 1. The minimum absolute atomic E-state index is 0.0112. The topological polar surface area (TPSA) is 91.2 Å². The zero-order valence-electron chi connectivity index (χ0n) is 14.8. The van der Waals surface area contributed by atoms with Crippen LogP contribution in [-0.4, -0.2) is 21.2 Å². The molecule has 0 saturated heterocycles. The van der Waals surface area contributed by atoms with E-state index in [2.05, 4.69) is 15.2 Å². The van der Waals surface area contributed by atoms with Gasteiger partial charge in [-0.05, 0) is 36.4 Å². The first-order valence-corrected chi connectivity index (χ1v) is 8.56. The predicted octanol–water partition coefficient (Wildman–Crippen LogP) is 4.21. The Morgan fingerprint density at radius 2 is 1.93 bits per heavy atom. The van der Waals surface area contributed by atoms with Gasteiger partial charge in [0.2, 0.25) is 12.3 Å². The lowest BCUT2D eigenvalue weighted by Crippen LogP contribution is -2.09. The van der Waals surface area contributed by atoms with Crippen LogP contribution in [0.25, 0.3) is 22.8 Å². The number of rotatable bonds is 6. The van der Waals surface area contributed by atoms with Gasteiger partial charge in [-0.3, -0.25) is 4.79 Å². The van der Waals surface area contributed by atoms with Crippen LogP contribution in [0.4, 0.5) is 8.78 Å². The number of hydrogen-bond donors (Lipinski definition) is 0. The third-order valence-corrected chi connectivity index (χ3v) is 3.99. The summed E-state index contributed by atoms with van der Waals surface area (Å²) in [6.45, 7) is 0. The predicted molar refractivity (Wildman–Crippen MR) is 95.5 cm³/mol. The van der Waals surface area contributed by atoms with E-state index in [1.807, 2.05) is 0 Å². The maximum Gasteiger partial charge on any atom is 0.311 e. The van der Waals surface area contributed by atoms with Gasteiger partial charge in [0.25, 0.3) is 0 Å². The van der Waals surface area contributed by atoms with Crippen LogP contribution in [0.5, 0.6) is 5.75 Å². The molecule has 0 spiro atoms. The number of aromatic nitrogens is 3. The van der Waals surface area contributed by atoms with E-state index >= 15 is 0 Å². The Morgan fingerprint density at radius 3 is 2.66 bits per heavy atom. The van der Waals surface area contributed by atoms with Gasteiger partial charge in [-0.2, -0.15) is 0 Å². The summed E-state index contributed by atoms with van der Waals surface area (Å²) >= 11 is 0. The van der Waals surface area contributed by atoms with Crippen molar-refractivity contribution >= 4 is 5.97 Å². The highest BCUT2D eigenvalue weighted by Gasteiger charge is 2.14. The fourth-order valence-electron chi connectivity index (χ4n) is 2.60. The number of hydrogen-bond acceptors (Lipinski definition) is 7. The van der Waals surface area contributed by atoms with Crippen LogP contribution < -0.4 is 4.74 Å². The first-order valence-electron chi connectivity index (χ1n) is 8.56. The second-order valence-electron chi connectivity index (χ2n) is 5.98. The van der Waals surface area contributed by atoms with E-state index in [9.17, 15) is 13.6 Å². The molecule has 4 rings (SSSR count). The molecule has 0 aliphatic rings. The lowest BCUT2D eigenvalue weighted by Gasteiger charge is -2.04. The summed E-state index contributed by atoms with van der Waals surface area (Å²) in [4.78, 5) is 16.1. The normalized spacial score (nSPS) is 10.8. The van der Waals surface area contributed by atoms with Crippen LogP contribution in [-0.2, 0) is 11.2 Å². The number of carbonyl (C=O) groups is 1. The summed E-state index contributed by atoms with van der Waals surface area (Å²) in [7, 11) is 0. The molecule has 0 fully saturated rings. The second-order valence-corrected chi connectivity index (χ2v) is 5.98. The molecule has 9 heteroatoms. The van der Waals surface area contributed by atoms with Crippen LogP contribution in [0.15, 0.2) is 63.9 Å². The van der Waals surface area contributed by atoms with E-state index in [0.717, 1.165) is 12.1 Å². The van der Waals surface area contributed by atoms with Crippen molar-refractivity contribution in [2.24, 2.45) is 0 Å². The molecule has 146 valence electrons. The number of esters is 1. The Hall–Kier alpha value is -3.88. The van der Waals surface area contributed by atoms with Crippen molar-refractivity contribution in [2.45, 2.75) is 12.8 Å². The van der Waals surface area contributed by atoms with Gasteiger partial charge >= 0.3 is 5.97 Å². The van der Waals surface area contributed by atoms with Gasteiger partial charge in [-0.1, -0.05) is 0 Å². The van der Waals surface area contributed by atoms with Crippen molar-refractivity contribution in [2.75, 3.05) is 0 Å². The fraction of sp³-hybridized carbons (Fsp3) is 0.100. The summed E-state index contributed by atoms with van der Waals surface area (Å²) < 4.78 is 42.6. The minimum Gasteiger partial charge on any atom is -0.441 e. The molecule has 0 bridgehead atoms.